The molecule has 1 saturated heterocycles. The summed E-state index contributed by atoms with van der Waals surface area (Å²) >= 11 is 0. The van der Waals surface area contributed by atoms with Crippen LogP contribution in [-0.2, 0) is 25.6 Å². The number of hydrogen-bond acceptors (Lipinski definition) is 4. The molecule has 5 heteroatoms. The van der Waals surface area contributed by atoms with E-state index in [4.69, 9.17) is 9.47 Å². The molecule has 108 valence electrons. The van der Waals surface area contributed by atoms with Crippen LogP contribution in [-0.4, -0.2) is 37.2 Å². The number of methoxy groups -OCH3 is 2. The van der Waals surface area contributed by atoms with Crippen LogP contribution in [0, 0.1) is 5.92 Å². The van der Waals surface area contributed by atoms with Crippen molar-refractivity contribution in [2.24, 2.45) is 5.92 Å². The van der Waals surface area contributed by atoms with Crippen molar-refractivity contribution in [2.45, 2.75) is 25.7 Å². The molecule has 2 amide bonds. The summed E-state index contributed by atoms with van der Waals surface area (Å²) in [7, 11) is 3.03. The molecule has 0 unspecified atom stereocenters. The van der Waals surface area contributed by atoms with Gasteiger partial charge in [0.2, 0.25) is 11.8 Å². The highest BCUT2D eigenvalue weighted by Gasteiger charge is 2.36. The Hall–Kier alpha value is -1.72. The van der Waals surface area contributed by atoms with Crippen LogP contribution in [0.2, 0.25) is 0 Å². The highest BCUT2D eigenvalue weighted by Crippen LogP contribution is 2.25. The van der Waals surface area contributed by atoms with Gasteiger partial charge in [0.25, 0.3) is 0 Å². The zero-order valence-electron chi connectivity index (χ0n) is 11.7. The van der Waals surface area contributed by atoms with Gasteiger partial charge in [0, 0.05) is 33.0 Å². The van der Waals surface area contributed by atoms with E-state index < -0.39 is 6.29 Å². The van der Waals surface area contributed by atoms with Gasteiger partial charge in [0.15, 0.2) is 6.29 Å². The minimum atomic E-state index is -0.512. The summed E-state index contributed by atoms with van der Waals surface area (Å²) in [6, 6.07) is 9.49. The maximum Gasteiger partial charge on any atom is 0.229 e. The summed E-state index contributed by atoms with van der Waals surface area (Å²) in [5, 5.41) is 0. The Labute approximate surface area is 118 Å². The van der Waals surface area contributed by atoms with Crippen LogP contribution >= 0.6 is 0 Å². The van der Waals surface area contributed by atoms with Crippen molar-refractivity contribution in [1.29, 1.82) is 0 Å². The molecule has 5 nitrogen and oxygen atoms in total. The first-order chi connectivity index (χ1) is 9.65. The van der Waals surface area contributed by atoms with Gasteiger partial charge in [0.05, 0.1) is 6.54 Å². The maximum atomic E-state index is 12.1. The molecular weight excluding hydrogens is 258 g/mol. The lowest BCUT2D eigenvalue weighted by Gasteiger charge is -2.33. The van der Waals surface area contributed by atoms with Crippen molar-refractivity contribution in [3.05, 3.63) is 35.9 Å². The van der Waals surface area contributed by atoms with Gasteiger partial charge in [-0.15, -0.1) is 0 Å². The number of hydrogen-bond donors (Lipinski definition) is 0. The molecule has 0 radical (unpaired) electrons. The van der Waals surface area contributed by atoms with Gasteiger partial charge in [-0.05, 0) is 5.56 Å². The Kier molecular flexibility index (Phi) is 4.87. The van der Waals surface area contributed by atoms with E-state index in [9.17, 15) is 9.59 Å². The monoisotopic (exact) mass is 277 g/mol. The average molecular weight is 277 g/mol. The Bertz CT molecular complexity index is 452. The van der Waals surface area contributed by atoms with Crippen molar-refractivity contribution in [1.82, 2.24) is 4.90 Å². The lowest BCUT2D eigenvalue weighted by atomic mass is 9.94. The van der Waals surface area contributed by atoms with Gasteiger partial charge in [0.1, 0.15) is 0 Å². The van der Waals surface area contributed by atoms with Crippen molar-refractivity contribution in [2.75, 3.05) is 14.2 Å². The molecule has 0 spiro atoms. The molecule has 0 saturated carbocycles. The van der Waals surface area contributed by atoms with E-state index in [1.165, 1.54) is 19.1 Å². The average Bonchev–Trinajstić information content (AvgIpc) is 2.45. The minimum Gasteiger partial charge on any atom is -0.356 e. The highest BCUT2D eigenvalue weighted by molar-refractivity contribution is 5.97. The molecule has 20 heavy (non-hydrogen) atoms. The molecule has 0 bridgehead atoms. The van der Waals surface area contributed by atoms with Crippen LogP contribution in [0.25, 0.3) is 0 Å². The lowest BCUT2D eigenvalue weighted by molar-refractivity contribution is -0.170. The Morgan fingerprint density at radius 2 is 1.65 bits per heavy atom. The Morgan fingerprint density at radius 1 is 1.10 bits per heavy atom. The quantitative estimate of drug-likeness (QED) is 0.605. The fourth-order valence-electron chi connectivity index (χ4n) is 2.50. The standard InChI is InChI=1S/C15H19NO4/c1-19-15(20-2)12-8-13(17)16(14(18)9-12)10-11-6-4-3-5-7-11/h3-7,12,15H,8-10H2,1-2H3. The normalized spacial score (nSPS) is 17.1. The van der Waals surface area contributed by atoms with Gasteiger partial charge >= 0.3 is 0 Å². The number of carbonyl (C=O) groups is 2. The predicted molar refractivity (Wildman–Crippen MR) is 72.5 cm³/mol. The number of piperidine rings is 1. The number of likely N-dealkylation sites (tertiary alicyclic amines) is 1. The smallest absolute Gasteiger partial charge is 0.229 e. The van der Waals surface area contributed by atoms with Crippen LogP contribution < -0.4 is 0 Å². The second kappa shape index (κ2) is 6.63. The third kappa shape index (κ3) is 3.23. The van der Waals surface area contributed by atoms with E-state index in [2.05, 4.69) is 0 Å². The molecule has 0 aromatic heterocycles. The van der Waals surface area contributed by atoms with Crippen LogP contribution in [0.3, 0.4) is 0 Å². The topological polar surface area (TPSA) is 55.8 Å². The Balaban J connectivity index is 2.04. The molecule has 2 rings (SSSR count). The molecule has 1 aromatic rings. The van der Waals surface area contributed by atoms with Crippen LogP contribution in [0.4, 0.5) is 0 Å². The summed E-state index contributed by atoms with van der Waals surface area (Å²) < 4.78 is 10.3. The van der Waals surface area contributed by atoms with E-state index in [0.29, 0.717) is 6.54 Å². The second-order valence-corrected chi connectivity index (χ2v) is 4.87. The molecule has 0 aliphatic carbocycles. The number of nitrogens with zero attached hydrogens (tertiary/aromatic N) is 1. The predicted octanol–water partition coefficient (Wildman–Crippen LogP) is 1.57. The van der Waals surface area contributed by atoms with E-state index >= 15 is 0 Å². The Morgan fingerprint density at radius 3 is 2.15 bits per heavy atom. The summed E-state index contributed by atoms with van der Waals surface area (Å²) in [6.45, 7) is 0.329. The molecule has 0 N–H and O–H groups in total. The first-order valence-electron chi connectivity index (χ1n) is 6.58. The van der Waals surface area contributed by atoms with Crippen LogP contribution in [0.15, 0.2) is 30.3 Å². The van der Waals surface area contributed by atoms with Gasteiger partial charge in [-0.25, -0.2) is 0 Å². The summed E-state index contributed by atoms with van der Waals surface area (Å²) in [4.78, 5) is 25.6. The second-order valence-electron chi connectivity index (χ2n) is 4.87. The first kappa shape index (κ1) is 14.7. The molecule has 1 aliphatic heterocycles. The van der Waals surface area contributed by atoms with Crippen molar-refractivity contribution in [3.8, 4) is 0 Å². The fraction of sp³-hybridized carbons (Fsp3) is 0.467. The van der Waals surface area contributed by atoms with Gasteiger partial charge in [-0.3, -0.25) is 14.5 Å². The summed E-state index contributed by atoms with van der Waals surface area (Å²) in [6.07, 6.45) is 0.0253. The molecule has 0 atom stereocenters. The SMILES string of the molecule is COC(OC)C1CC(=O)N(Cc2ccccc2)C(=O)C1. The molecule has 1 aliphatic rings. The number of carbonyl (C=O) groups excluding carboxylic acids is 2. The van der Waals surface area contributed by atoms with Crippen molar-refractivity contribution >= 4 is 11.8 Å². The largest absolute Gasteiger partial charge is 0.356 e. The molecule has 1 aromatic carbocycles. The van der Waals surface area contributed by atoms with Crippen LogP contribution in [0.5, 0.6) is 0 Å². The first-order valence-corrected chi connectivity index (χ1v) is 6.58. The van der Waals surface area contributed by atoms with E-state index in [-0.39, 0.29) is 30.6 Å². The number of rotatable bonds is 5. The van der Waals surface area contributed by atoms with Gasteiger partial charge < -0.3 is 9.47 Å². The highest BCUT2D eigenvalue weighted by atomic mass is 16.7. The zero-order valence-corrected chi connectivity index (χ0v) is 11.7. The number of amides is 2. The number of imide groups is 1. The maximum absolute atomic E-state index is 12.1. The fourth-order valence-corrected chi connectivity index (χ4v) is 2.50. The number of ether oxygens (including phenoxy) is 2. The zero-order chi connectivity index (χ0) is 14.5. The van der Waals surface area contributed by atoms with Crippen molar-refractivity contribution in [3.63, 3.8) is 0 Å². The minimum absolute atomic E-state index is 0.172. The summed E-state index contributed by atoms with van der Waals surface area (Å²) in [5.74, 6) is -0.555. The molecule has 1 heterocycles. The van der Waals surface area contributed by atoms with Crippen molar-refractivity contribution < 1.29 is 19.1 Å². The lowest BCUT2D eigenvalue weighted by Crippen LogP contribution is -2.46. The van der Waals surface area contributed by atoms with Gasteiger partial charge in [-0.2, -0.15) is 0 Å². The molecule has 1 fully saturated rings. The van der Waals surface area contributed by atoms with Gasteiger partial charge in [-0.1, -0.05) is 30.3 Å². The third-order valence-electron chi connectivity index (χ3n) is 3.51. The van der Waals surface area contributed by atoms with Crippen LogP contribution in [0.1, 0.15) is 18.4 Å². The van der Waals surface area contributed by atoms with E-state index in [0.717, 1.165) is 5.56 Å². The number of benzene rings is 1. The van der Waals surface area contributed by atoms with E-state index in [1.54, 1.807) is 0 Å². The molecular formula is C15H19NO4. The third-order valence-corrected chi connectivity index (χ3v) is 3.51. The van der Waals surface area contributed by atoms with E-state index in [1.807, 2.05) is 30.3 Å². The summed E-state index contributed by atoms with van der Waals surface area (Å²) in [5.41, 5.74) is 0.947.